The molecule has 312 valence electrons. The van der Waals surface area contributed by atoms with E-state index in [1.807, 2.05) is 24.3 Å². The third-order valence-electron chi connectivity index (χ3n) is 12.7. The third kappa shape index (κ3) is 7.04. The highest BCUT2D eigenvalue weighted by Crippen LogP contribution is 2.51. The zero-order valence-corrected chi connectivity index (χ0v) is 36.4. The van der Waals surface area contributed by atoms with Crippen LogP contribution in [0.3, 0.4) is 0 Å². The van der Waals surface area contributed by atoms with Crippen molar-refractivity contribution in [2.45, 2.75) is 20.8 Å². The first-order valence-corrected chi connectivity index (χ1v) is 22.0. The number of fused-ring (bicyclic) bond motifs is 4. The van der Waals surface area contributed by atoms with Gasteiger partial charge in [0.05, 0.1) is 11.4 Å². The molecule has 0 N–H and O–H groups in total. The van der Waals surface area contributed by atoms with E-state index in [2.05, 4.69) is 194 Å². The lowest BCUT2D eigenvalue weighted by Gasteiger charge is -2.30. The molecule has 0 aliphatic rings. The van der Waals surface area contributed by atoms with Crippen molar-refractivity contribution >= 4 is 77.2 Å². The van der Waals surface area contributed by atoms with Crippen LogP contribution in [0.4, 0.5) is 42.9 Å². The molecule has 0 amide bonds. The van der Waals surface area contributed by atoms with Crippen LogP contribution in [-0.2, 0) is 0 Å². The standard InChI is InChI=1S/C61H44F2N2/c1-39-20-28-46(29-21-39)64(48-32-24-44(62)25-33-48)60-54-16-8-4-12-50(54)58(51-13-5-9-17-55(51)60)42-36-41(3)37-43(38-42)59-52-14-6-10-18-56(52)61(57-19-11-7-15-53(57)59)65(47-30-22-40(2)23-31-47)49-34-26-45(63)27-35-49/h4-38H,1-3H3. The van der Waals surface area contributed by atoms with Crippen molar-refractivity contribution in [3.8, 4) is 22.3 Å². The van der Waals surface area contributed by atoms with Crippen LogP contribution in [0.15, 0.2) is 212 Å². The molecule has 65 heavy (non-hydrogen) atoms. The molecule has 0 fully saturated rings. The average molecular weight is 843 g/mol. The summed E-state index contributed by atoms with van der Waals surface area (Å²) in [4.78, 5) is 4.53. The first-order valence-electron chi connectivity index (χ1n) is 22.0. The molecule has 0 saturated heterocycles. The van der Waals surface area contributed by atoms with Crippen molar-refractivity contribution in [2.24, 2.45) is 0 Å². The normalized spacial score (nSPS) is 11.5. The van der Waals surface area contributed by atoms with Gasteiger partial charge in [-0.1, -0.05) is 145 Å². The molecule has 4 heteroatoms. The lowest BCUT2D eigenvalue weighted by Crippen LogP contribution is -2.11. The van der Waals surface area contributed by atoms with Gasteiger partial charge in [0.2, 0.25) is 0 Å². The van der Waals surface area contributed by atoms with Gasteiger partial charge in [-0.15, -0.1) is 0 Å². The van der Waals surface area contributed by atoms with Gasteiger partial charge in [0.25, 0.3) is 0 Å². The predicted molar refractivity (Wildman–Crippen MR) is 271 cm³/mol. The van der Waals surface area contributed by atoms with Gasteiger partial charge in [-0.05, 0) is 149 Å². The Balaban J connectivity index is 1.18. The highest BCUT2D eigenvalue weighted by Gasteiger charge is 2.25. The number of rotatable bonds is 8. The Morgan fingerprint density at radius 2 is 0.538 bits per heavy atom. The van der Waals surface area contributed by atoms with Crippen LogP contribution in [0.5, 0.6) is 0 Å². The molecular formula is C61H44F2N2. The maximum atomic E-state index is 14.5. The molecule has 0 aromatic heterocycles. The number of benzene rings is 11. The molecule has 0 unspecified atom stereocenters. The second-order valence-corrected chi connectivity index (χ2v) is 17.0. The van der Waals surface area contributed by atoms with Crippen molar-refractivity contribution in [1.82, 2.24) is 0 Å². The smallest absolute Gasteiger partial charge is 0.123 e. The van der Waals surface area contributed by atoms with Gasteiger partial charge in [-0.2, -0.15) is 0 Å². The summed E-state index contributed by atoms with van der Waals surface area (Å²) in [5, 5.41) is 8.84. The van der Waals surface area contributed by atoms with E-state index in [1.54, 1.807) is 0 Å². The molecule has 11 aromatic carbocycles. The fourth-order valence-electron chi connectivity index (χ4n) is 9.77. The van der Waals surface area contributed by atoms with Crippen LogP contribution < -0.4 is 9.80 Å². The predicted octanol–water partition coefficient (Wildman–Crippen LogP) is 17.8. The van der Waals surface area contributed by atoms with Crippen molar-refractivity contribution in [3.63, 3.8) is 0 Å². The van der Waals surface area contributed by atoms with E-state index in [-0.39, 0.29) is 11.6 Å². The first kappa shape index (κ1) is 39.7. The second kappa shape index (κ2) is 16.2. The fraction of sp³-hybridized carbons (Fsp3) is 0.0492. The van der Waals surface area contributed by atoms with E-state index >= 15 is 0 Å². The highest BCUT2D eigenvalue weighted by molar-refractivity contribution is 6.24. The monoisotopic (exact) mass is 842 g/mol. The molecular weight excluding hydrogens is 799 g/mol. The number of hydrogen-bond acceptors (Lipinski definition) is 2. The van der Waals surface area contributed by atoms with Gasteiger partial charge < -0.3 is 9.80 Å². The summed E-state index contributed by atoms with van der Waals surface area (Å²) >= 11 is 0. The third-order valence-corrected chi connectivity index (χ3v) is 12.7. The number of anilines is 6. The molecule has 0 atom stereocenters. The average Bonchev–Trinajstić information content (AvgIpc) is 3.33. The van der Waals surface area contributed by atoms with Crippen molar-refractivity contribution in [1.29, 1.82) is 0 Å². The van der Waals surface area contributed by atoms with Gasteiger partial charge in [0.15, 0.2) is 0 Å². The quantitative estimate of drug-likeness (QED) is 0.141. The summed E-state index contributed by atoms with van der Waals surface area (Å²) in [7, 11) is 0. The summed E-state index contributed by atoms with van der Waals surface area (Å²) in [5.74, 6) is -0.547. The van der Waals surface area contributed by atoms with Crippen LogP contribution in [0.25, 0.3) is 65.3 Å². The summed E-state index contributed by atoms with van der Waals surface area (Å²) in [6, 6.07) is 72.3. The summed E-state index contributed by atoms with van der Waals surface area (Å²) in [6.45, 7) is 6.37. The molecule has 0 aliphatic heterocycles. The SMILES string of the molecule is Cc1ccc(N(c2ccc(F)cc2)c2c3ccccc3c(-c3cc(C)cc(-c4c5ccccc5c(N(c5ccc(C)cc5)c5ccc(F)cc5)c5ccccc45)c3)c3ccccc23)cc1. The molecule has 11 aromatic rings. The van der Waals surface area contributed by atoms with Crippen molar-refractivity contribution in [2.75, 3.05) is 9.80 Å². The molecule has 11 rings (SSSR count). The van der Waals surface area contributed by atoms with E-state index in [0.717, 1.165) is 105 Å². The molecule has 0 bridgehead atoms. The Bertz CT molecular complexity index is 3140. The molecule has 2 nitrogen and oxygen atoms in total. The van der Waals surface area contributed by atoms with Gasteiger partial charge in [-0.3, -0.25) is 0 Å². The minimum absolute atomic E-state index is 0.274. The maximum absolute atomic E-state index is 14.5. The zero-order valence-electron chi connectivity index (χ0n) is 36.4. The minimum atomic E-state index is -0.274. The largest absolute Gasteiger partial charge is 0.309 e. The zero-order chi connectivity index (χ0) is 44.2. The Morgan fingerprint density at radius 3 is 0.831 bits per heavy atom. The number of halogens is 2. The Labute approximate surface area is 377 Å². The Hall–Kier alpha value is -8.08. The molecule has 0 spiro atoms. The van der Waals surface area contributed by atoms with Crippen molar-refractivity contribution < 1.29 is 8.78 Å². The second-order valence-electron chi connectivity index (χ2n) is 17.0. The number of hydrogen-bond donors (Lipinski definition) is 0. The topological polar surface area (TPSA) is 6.48 Å². The van der Waals surface area contributed by atoms with Crippen LogP contribution in [0.2, 0.25) is 0 Å². The number of aryl methyl sites for hydroxylation is 3. The van der Waals surface area contributed by atoms with Gasteiger partial charge in [0.1, 0.15) is 11.6 Å². The minimum Gasteiger partial charge on any atom is -0.309 e. The molecule has 0 aliphatic carbocycles. The van der Waals surface area contributed by atoms with E-state index < -0.39 is 0 Å². The Morgan fingerprint density at radius 1 is 0.277 bits per heavy atom. The summed E-state index contributed by atoms with van der Waals surface area (Å²) in [5.41, 5.74) is 13.8. The molecule has 0 radical (unpaired) electrons. The highest BCUT2D eigenvalue weighted by atomic mass is 19.1. The van der Waals surface area contributed by atoms with E-state index in [0.29, 0.717) is 0 Å². The Kier molecular flexibility index (Phi) is 9.93. The molecule has 0 saturated carbocycles. The molecule has 0 heterocycles. The van der Waals surface area contributed by atoms with Crippen LogP contribution in [0.1, 0.15) is 16.7 Å². The van der Waals surface area contributed by atoms with Crippen molar-refractivity contribution in [3.05, 3.63) is 241 Å². The fourth-order valence-corrected chi connectivity index (χ4v) is 9.77. The van der Waals surface area contributed by atoms with Crippen LogP contribution >= 0.6 is 0 Å². The van der Waals surface area contributed by atoms with Gasteiger partial charge in [0, 0.05) is 44.3 Å². The summed E-state index contributed by atoms with van der Waals surface area (Å²) in [6.07, 6.45) is 0. The van der Waals surface area contributed by atoms with E-state index in [9.17, 15) is 8.78 Å². The van der Waals surface area contributed by atoms with Crippen LogP contribution in [-0.4, -0.2) is 0 Å². The van der Waals surface area contributed by atoms with Gasteiger partial charge in [-0.25, -0.2) is 8.78 Å². The van der Waals surface area contributed by atoms with E-state index in [4.69, 9.17) is 0 Å². The lowest BCUT2D eigenvalue weighted by atomic mass is 9.85. The van der Waals surface area contributed by atoms with Gasteiger partial charge >= 0.3 is 0 Å². The van der Waals surface area contributed by atoms with Crippen LogP contribution in [0, 0.1) is 32.4 Å². The number of nitrogens with zero attached hydrogens (tertiary/aromatic N) is 2. The maximum Gasteiger partial charge on any atom is 0.123 e. The summed E-state index contributed by atoms with van der Waals surface area (Å²) < 4.78 is 29.0. The lowest BCUT2D eigenvalue weighted by molar-refractivity contribution is 0.627. The van der Waals surface area contributed by atoms with E-state index in [1.165, 1.54) is 35.4 Å². The first-order chi connectivity index (χ1) is 31.8.